The molecule has 1 aliphatic heterocycles. The van der Waals surface area contributed by atoms with Crippen LogP contribution >= 0.6 is 0 Å². The van der Waals surface area contributed by atoms with Crippen LogP contribution in [0.4, 0.5) is 0 Å². The second-order valence-electron chi connectivity index (χ2n) is 5.32. The molecule has 1 aliphatic rings. The van der Waals surface area contributed by atoms with Crippen molar-refractivity contribution in [1.29, 1.82) is 0 Å². The number of aromatic nitrogens is 1. The highest BCUT2D eigenvalue weighted by molar-refractivity contribution is 5.92. The first-order valence-electron chi connectivity index (χ1n) is 6.52. The molecule has 1 saturated heterocycles. The van der Waals surface area contributed by atoms with Gasteiger partial charge in [0, 0.05) is 24.7 Å². The molecule has 20 heavy (non-hydrogen) atoms. The zero-order valence-electron chi connectivity index (χ0n) is 12.0. The number of carbonyl (C=O) groups excluding carboxylic acids is 2. The molecule has 0 aromatic carbocycles. The van der Waals surface area contributed by atoms with E-state index < -0.39 is 5.54 Å². The summed E-state index contributed by atoms with van der Waals surface area (Å²) in [5.74, 6) is 0.292. The van der Waals surface area contributed by atoms with Crippen LogP contribution in [0.3, 0.4) is 0 Å². The summed E-state index contributed by atoms with van der Waals surface area (Å²) in [6, 6.07) is 3.67. The number of nitrogens with zero attached hydrogens (tertiary/aromatic N) is 2. The van der Waals surface area contributed by atoms with Crippen molar-refractivity contribution in [3.05, 3.63) is 23.9 Å². The Labute approximate surface area is 118 Å². The normalized spacial score (nSPS) is 18.4. The smallest absolute Gasteiger partial charge is 0.248 e. The van der Waals surface area contributed by atoms with Gasteiger partial charge in [-0.05, 0) is 19.9 Å². The maximum absolute atomic E-state index is 12.5. The number of ether oxygens (including phenoxy) is 1. The van der Waals surface area contributed by atoms with E-state index in [1.165, 1.54) is 0 Å². The first-order chi connectivity index (χ1) is 9.44. The molecule has 0 unspecified atom stereocenters. The molecule has 0 atom stereocenters. The Morgan fingerprint density at radius 2 is 2.20 bits per heavy atom. The molecular formula is C14H19N3O3. The summed E-state index contributed by atoms with van der Waals surface area (Å²) in [7, 11) is 1.55. The van der Waals surface area contributed by atoms with Gasteiger partial charge in [0.2, 0.25) is 17.7 Å². The Balaban J connectivity index is 2.23. The number of hydrogen-bond donors (Lipinski definition) is 1. The van der Waals surface area contributed by atoms with Gasteiger partial charge in [-0.1, -0.05) is 6.07 Å². The highest BCUT2D eigenvalue weighted by Gasteiger charge is 2.36. The first kappa shape index (κ1) is 14.3. The van der Waals surface area contributed by atoms with Gasteiger partial charge in [0.25, 0.3) is 0 Å². The van der Waals surface area contributed by atoms with Gasteiger partial charge in [0.15, 0.2) is 0 Å². The van der Waals surface area contributed by atoms with Crippen LogP contribution in [0.15, 0.2) is 18.3 Å². The summed E-state index contributed by atoms with van der Waals surface area (Å²) in [4.78, 5) is 29.9. The van der Waals surface area contributed by atoms with E-state index in [0.717, 1.165) is 5.56 Å². The third kappa shape index (κ3) is 2.89. The van der Waals surface area contributed by atoms with Crippen molar-refractivity contribution in [2.75, 3.05) is 13.7 Å². The minimum Gasteiger partial charge on any atom is -0.481 e. The molecular weight excluding hydrogens is 258 g/mol. The van der Waals surface area contributed by atoms with Gasteiger partial charge in [-0.3, -0.25) is 9.59 Å². The molecule has 1 aromatic heterocycles. The highest BCUT2D eigenvalue weighted by atomic mass is 16.5. The maximum atomic E-state index is 12.5. The lowest BCUT2D eigenvalue weighted by atomic mass is 10.0. The van der Waals surface area contributed by atoms with Crippen molar-refractivity contribution >= 4 is 11.8 Å². The monoisotopic (exact) mass is 277 g/mol. The molecule has 0 bridgehead atoms. The second-order valence-corrected chi connectivity index (χ2v) is 5.32. The number of amides is 2. The van der Waals surface area contributed by atoms with Gasteiger partial charge >= 0.3 is 0 Å². The van der Waals surface area contributed by atoms with Gasteiger partial charge in [-0.15, -0.1) is 0 Å². The van der Waals surface area contributed by atoms with E-state index in [0.29, 0.717) is 25.4 Å². The van der Waals surface area contributed by atoms with Gasteiger partial charge in [-0.25, -0.2) is 4.98 Å². The molecule has 0 spiro atoms. The summed E-state index contributed by atoms with van der Waals surface area (Å²) in [6.07, 6.45) is 1.94. The van der Waals surface area contributed by atoms with E-state index in [2.05, 4.69) is 10.3 Å². The van der Waals surface area contributed by atoms with Gasteiger partial charge in [-0.2, -0.15) is 0 Å². The zero-order valence-corrected chi connectivity index (χ0v) is 12.0. The average Bonchev–Trinajstić information content (AvgIpc) is 2.50. The third-order valence-corrected chi connectivity index (χ3v) is 3.29. The standard InChI is InChI=1S/C14H19N3O3/c1-14(2)13(19)17(8-6-11(18)16-14)9-10-5-4-7-15-12(10)20-3/h4-5,7H,6,8-9H2,1-3H3,(H,16,18). The van der Waals surface area contributed by atoms with E-state index in [1.54, 1.807) is 38.1 Å². The summed E-state index contributed by atoms with van der Waals surface area (Å²) in [5, 5.41) is 2.74. The molecule has 2 rings (SSSR count). The summed E-state index contributed by atoms with van der Waals surface area (Å²) in [6.45, 7) is 4.21. The summed E-state index contributed by atoms with van der Waals surface area (Å²) >= 11 is 0. The van der Waals surface area contributed by atoms with Crippen LogP contribution in [0.5, 0.6) is 5.88 Å². The van der Waals surface area contributed by atoms with E-state index >= 15 is 0 Å². The van der Waals surface area contributed by atoms with Crippen molar-refractivity contribution in [3.8, 4) is 5.88 Å². The van der Waals surface area contributed by atoms with Crippen LogP contribution in [0, 0.1) is 0 Å². The fourth-order valence-corrected chi connectivity index (χ4v) is 2.28. The number of methoxy groups -OCH3 is 1. The summed E-state index contributed by atoms with van der Waals surface area (Å²) in [5.41, 5.74) is -0.0586. The Kier molecular flexibility index (Phi) is 3.92. The van der Waals surface area contributed by atoms with Gasteiger partial charge < -0.3 is 15.0 Å². The van der Waals surface area contributed by atoms with E-state index in [4.69, 9.17) is 4.74 Å². The molecule has 2 heterocycles. The second kappa shape index (κ2) is 5.48. The predicted octanol–water partition coefficient (Wildman–Crippen LogP) is 0.717. The minimum atomic E-state index is -0.886. The Bertz CT molecular complexity index is 528. The topological polar surface area (TPSA) is 71.5 Å². The Morgan fingerprint density at radius 1 is 1.45 bits per heavy atom. The number of pyridine rings is 1. The molecule has 1 aromatic rings. The number of rotatable bonds is 3. The van der Waals surface area contributed by atoms with Crippen LogP contribution in [-0.2, 0) is 16.1 Å². The van der Waals surface area contributed by atoms with Crippen LogP contribution in [-0.4, -0.2) is 40.9 Å². The van der Waals surface area contributed by atoms with Crippen molar-refractivity contribution in [2.24, 2.45) is 0 Å². The van der Waals surface area contributed by atoms with Gasteiger partial charge in [0.05, 0.1) is 13.7 Å². The summed E-state index contributed by atoms with van der Waals surface area (Å²) < 4.78 is 5.19. The zero-order chi connectivity index (χ0) is 14.8. The molecule has 2 amide bonds. The Hall–Kier alpha value is -2.11. The largest absolute Gasteiger partial charge is 0.481 e. The molecule has 1 N–H and O–H groups in total. The fourth-order valence-electron chi connectivity index (χ4n) is 2.28. The van der Waals surface area contributed by atoms with Crippen LogP contribution in [0.25, 0.3) is 0 Å². The molecule has 108 valence electrons. The minimum absolute atomic E-state index is 0.103. The lowest BCUT2D eigenvalue weighted by Gasteiger charge is -2.29. The Morgan fingerprint density at radius 3 is 2.90 bits per heavy atom. The molecule has 6 heteroatoms. The quantitative estimate of drug-likeness (QED) is 0.883. The molecule has 0 radical (unpaired) electrons. The fraction of sp³-hybridized carbons (Fsp3) is 0.500. The van der Waals surface area contributed by atoms with Crippen molar-refractivity contribution in [1.82, 2.24) is 15.2 Å². The molecule has 6 nitrogen and oxygen atoms in total. The highest BCUT2D eigenvalue weighted by Crippen LogP contribution is 2.20. The number of nitrogens with one attached hydrogen (secondary N) is 1. The van der Waals surface area contributed by atoms with Gasteiger partial charge in [0.1, 0.15) is 5.54 Å². The SMILES string of the molecule is COc1ncccc1CN1CCC(=O)NC(C)(C)C1=O. The average molecular weight is 277 g/mol. The van der Waals surface area contributed by atoms with Crippen LogP contribution in [0.1, 0.15) is 25.8 Å². The molecule has 1 fully saturated rings. The number of carbonyl (C=O) groups is 2. The lowest BCUT2D eigenvalue weighted by Crippen LogP contribution is -2.52. The molecule has 0 saturated carbocycles. The van der Waals surface area contributed by atoms with E-state index in [1.807, 2.05) is 6.07 Å². The first-order valence-corrected chi connectivity index (χ1v) is 6.52. The molecule has 0 aliphatic carbocycles. The van der Waals surface area contributed by atoms with E-state index in [-0.39, 0.29) is 11.8 Å². The van der Waals surface area contributed by atoms with E-state index in [9.17, 15) is 9.59 Å². The number of hydrogen-bond acceptors (Lipinski definition) is 4. The maximum Gasteiger partial charge on any atom is 0.248 e. The van der Waals surface area contributed by atoms with Crippen LogP contribution < -0.4 is 10.1 Å². The predicted molar refractivity (Wildman–Crippen MR) is 73.0 cm³/mol. The van der Waals surface area contributed by atoms with Crippen molar-refractivity contribution in [2.45, 2.75) is 32.4 Å². The third-order valence-electron chi connectivity index (χ3n) is 3.29. The lowest BCUT2D eigenvalue weighted by molar-refractivity contribution is -0.137. The van der Waals surface area contributed by atoms with Crippen molar-refractivity contribution in [3.63, 3.8) is 0 Å². The van der Waals surface area contributed by atoms with Crippen LogP contribution in [0.2, 0.25) is 0 Å². The van der Waals surface area contributed by atoms with Crippen molar-refractivity contribution < 1.29 is 14.3 Å².